The molecule has 0 spiro atoms. The van der Waals surface area contributed by atoms with Crippen molar-refractivity contribution in [3.63, 3.8) is 0 Å². The fourth-order valence-electron chi connectivity index (χ4n) is 5.60. The summed E-state index contributed by atoms with van der Waals surface area (Å²) in [5.41, 5.74) is -0.429. The molecule has 1 saturated heterocycles. The smallest absolute Gasteiger partial charge is 0.437 e. The van der Waals surface area contributed by atoms with E-state index in [0.717, 1.165) is 11.1 Å². The third kappa shape index (κ3) is 15.8. The van der Waals surface area contributed by atoms with E-state index >= 15 is 0 Å². The highest BCUT2D eigenvalue weighted by molar-refractivity contribution is 7.17. The minimum atomic E-state index is -0.840. The summed E-state index contributed by atoms with van der Waals surface area (Å²) < 4.78 is 21.5. The largest absolute Gasteiger partial charge is 0.444 e. The van der Waals surface area contributed by atoms with Crippen molar-refractivity contribution in [1.29, 1.82) is 0 Å². The predicted molar refractivity (Wildman–Crippen MR) is 231 cm³/mol. The molecule has 0 saturated carbocycles. The zero-order valence-electron chi connectivity index (χ0n) is 36.7. The lowest BCUT2D eigenvalue weighted by Crippen LogP contribution is -2.54. The highest BCUT2D eigenvalue weighted by Crippen LogP contribution is 2.27. The van der Waals surface area contributed by atoms with Crippen molar-refractivity contribution in [3.05, 3.63) is 47.0 Å². The Bertz CT molecular complexity index is 1970. The second kappa shape index (κ2) is 19.1. The number of nitrogens with zero attached hydrogens (tertiary/aromatic N) is 6. The van der Waals surface area contributed by atoms with Gasteiger partial charge in [-0.3, -0.25) is 15.4 Å². The average molecular weight is 854 g/mol. The molecule has 0 atom stereocenters. The number of ether oxygens (including phenoxy) is 4. The first-order valence-electron chi connectivity index (χ1n) is 19.7. The lowest BCUT2D eigenvalue weighted by atomic mass is 9.99. The first-order valence-corrected chi connectivity index (χ1v) is 20.5. The SMILES string of the molecule is CC(C)(C)OC(=O)N=C(NC(=O)OC(C)(C)C)N1CC=C(c2ccc(NC(=O)c3cnc(N4CCN(C(=NC(=O)OC(C)(C)C)NC(=O)OC(C)(C)C)CC4)s3)cc2)CC1. The fourth-order valence-corrected chi connectivity index (χ4v) is 6.46. The Kier molecular flexibility index (Phi) is 15.0. The van der Waals surface area contributed by atoms with Crippen LogP contribution in [0, 0.1) is 0 Å². The van der Waals surface area contributed by atoms with Crippen molar-refractivity contribution in [1.82, 2.24) is 25.4 Å². The number of piperazine rings is 1. The maximum atomic E-state index is 13.3. The molecule has 1 aromatic carbocycles. The van der Waals surface area contributed by atoms with Gasteiger partial charge in [0, 0.05) is 45.0 Å². The van der Waals surface area contributed by atoms with Crippen LogP contribution < -0.4 is 20.9 Å². The molecule has 328 valence electrons. The predicted octanol–water partition coefficient (Wildman–Crippen LogP) is 7.24. The highest BCUT2D eigenvalue weighted by Gasteiger charge is 2.28. The summed E-state index contributed by atoms with van der Waals surface area (Å²) in [6.07, 6.45) is 0.956. The highest BCUT2D eigenvalue weighted by atomic mass is 32.1. The van der Waals surface area contributed by atoms with Gasteiger partial charge in [0.2, 0.25) is 11.9 Å². The molecule has 2 aromatic rings. The maximum absolute atomic E-state index is 13.3. The number of benzene rings is 1. The number of aromatic nitrogens is 1. The summed E-state index contributed by atoms with van der Waals surface area (Å²) in [7, 11) is 0. The molecular weight excluding hydrogens is 795 g/mol. The van der Waals surface area contributed by atoms with Crippen molar-refractivity contribution in [3.8, 4) is 0 Å². The molecule has 2 aliphatic heterocycles. The Balaban J connectivity index is 1.35. The number of hydrogen-bond acceptors (Lipinski definition) is 12. The number of rotatable bonds is 4. The van der Waals surface area contributed by atoms with Gasteiger partial charge in [0.1, 0.15) is 27.3 Å². The summed E-state index contributed by atoms with van der Waals surface area (Å²) in [5.74, 6) is -0.247. The zero-order valence-corrected chi connectivity index (χ0v) is 37.5. The third-order valence-electron chi connectivity index (χ3n) is 8.00. The van der Waals surface area contributed by atoms with Gasteiger partial charge in [0.05, 0.1) is 6.20 Å². The molecule has 19 heteroatoms. The fraction of sp³-hybridized carbons (Fsp3) is 0.561. The van der Waals surface area contributed by atoms with Gasteiger partial charge in [0.25, 0.3) is 5.91 Å². The van der Waals surface area contributed by atoms with Crippen molar-refractivity contribution < 1.29 is 42.9 Å². The van der Waals surface area contributed by atoms with Gasteiger partial charge in [0.15, 0.2) is 5.13 Å². The van der Waals surface area contributed by atoms with Crippen molar-refractivity contribution in [2.45, 2.75) is 112 Å². The summed E-state index contributed by atoms with van der Waals surface area (Å²) in [6.45, 7) is 23.4. The van der Waals surface area contributed by atoms with Crippen LogP contribution >= 0.6 is 11.3 Å². The van der Waals surface area contributed by atoms with Gasteiger partial charge in [-0.15, -0.1) is 9.98 Å². The molecule has 1 fully saturated rings. The summed E-state index contributed by atoms with van der Waals surface area (Å²) in [5, 5.41) is 8.79. The Morgan fingerprint density at radius 1 is 0.650 bits per heavy atom. The number of aliphatic imine (C=N–C) groups is 2. The van der Waals surface area contributed by atoms with Crippen LogP contribution in [-0.4, -0.2) is 119 Å². The van der Waals surface area contributed by atoms with Crippen LogP contribution in [0.25, 0.3) is 5.57 Å². The molecule has 4 rings (SSSR count). The number of carbonyl (C=O) groups excluding carboxylic acids is 5. The van der Waals surface area contributed by atoms with E-state index < -0.39 is 46.8 Å². The minimum Gasteiger partial charge on any atom is -0.444 e. The number of amides is 5. The van der Waals surface area contributed by atoms with Crippen LogP contribution in [0.3, 0.4) is 0 Å². The van der Waals surface area contributed by atoms with E-state index in [1.54, 1.807) is 92.9 Å². The minimum absolute atomic E-state index is 0.0246. The molecule has 0 bridgehead atoms. The van der Waals surface area contributed by atoms with Crippen molar-refractivity contribution >= 4 is 69.9 Å². The van der Waals surface area contributed by atoms with E-state index in [1.165, 1.54) is 17.5 Å². The van der Waals surface area contributed by atoms with Crippen LogP contribution in [0.15, 0.2) is 46.5 Å². The number of thiazole rings is 1. The molecule has 3 heterocycles. The van der Waals surface area contributed by atoms with Gasteiger partial charge in [-0.1, -0.05) is 29.5 Å². The van der Waals surface area contributed by atoms with Crippen LogP contribution in [0.2, 0.25) is 0 Å². The molecule has 0 radical (unpaired) electrons. The molecule has 5 amide bonds. The number of guanidine groups is 2. The standard InChI is InChI=1S/C41H59N9O9S/c1-38(2,3)56-34(52)44-31(45-35(53)57-39(4,5)6)48-19-17-27(18-20-48)26-13-15-28(16-14-26)43-30(51)29-25-42-33(60-29)50-23-21-49(22-24-50)32(46-36(54)58-40(7,8)9)47-37(55)59-41(10,11)12/h13-17,25H,18-24H2,1-12H3,(H,43,51)(H,44,45,52,53)(H,46,47,54,55). The zero-order chi connectivity index (χ0) is 44.6. The second-order valence-corrected chi connectivity index (χ2v) is 19.0. The molecule has 60 heavy (non-hydrogen) atoms. The van der Waals surface area contributed by atoms with Gasteiger partial charge in [-0.2, -0.15) is 0 Å². The second-order valence-electron chi connectivity index (χ2n) is 18.0. The lowest BCUT2D eigenvalue weighted by Gasteiger charge is -2.36. The van der Waals surface area contributed by atoms with E-state index in [-0.39, 0.29) is 17.8 Å². The van der Waals surface area contributed by atoms with E-state index in [1.807, 2.05) is 35.2 Å². The van der Waals surface area contributed by atoms with Crippen LogP contribution in [0.5, 0.6) is 0 Å². The summed E-state index contributed by atoms with van der Waals surface area (Å²) in [4.78, 5) is 82.2. The number of anilines is 2. The molecule has 0 unspecified atom stereocenters. The molecular formula is C41H59N9O9S. The number of alkyl carbamates (subject to hydrolysis) is 2. The normalized spacial score (nSPS) is 15.7. The average Bonchev–Trinajstić information content (AvgIpc) is 3.59. The van der Waals surface area contributed by atoms with Crippen molar-refractivity contribution in [2.75, 3.05) is 49.5 Å². The summed E-state index contributed by atoms with van der Waals surface area (Å²) >= 11 is 1.25. The number of hydrogen-bond donors (Lipinski definition) is 3. The van der Waals surface area contributed by atoms with Gasteiger partial charge < -0.3 is 39.0 Å². The lowest BCUT2D eigenvalue weighted by molar-refractivity contribution is 0.0536. The van der Waals surface area contributed by atoms with E-state index in [0.29, 0.717) is 61.4 Å². The first-order chi connectivity index (χ1) is 27.7. The van der Waals surface area contributed by atoms with E-state index in [4.69, 9.17) is 18.9 Å². The Morgan fingerprint density at radius 3 is 1.58 bits per heavy atom. The molecule has 0 aliphatic carbocycles. The number of carbonyl (C=O) groups is 5. The summed E-state index contributed by atoms with van der Waals surface area (Å²) in [6, 6.07) is 7.48. The quantitative estimate of drug-likeness (QED) is 0.158. The topological polar surface area (TPSA) is 206 Å². The molecule has 2 aliphatic rings. The van der Waals surface area contributed by atoms with Gasteiger partial charge >= 0.3 is 24.4 Å². The third-order valence-corrected chi connectivity index (χ3v) is 9.05. The first kappa shape index (κ1) is 47.0. The Labute approximate surface area is 355 Å². The van der Waals surface area contributed by atoms with Gasteiger partial charge in [-0.25, -0.2) is 24.2 Å². The van der Waals surface area contributed by atoms with Crippen LogP contribution in [0.4, 0.5) is 30.0 Å². The Morgan fingerprint density at radius 2 is 1.13 bits per heavy atom. The molecule has 18 nitrogen and oxygen atoms in total. The van der Waals surface area contributed by atoms with Crippen LogP contribution in [-0.2, 0) is 18.9 Å². The monoisotopic (exact) mass is 853 g/mol. The van der Waals surface area contributed by atoms with Crippen LogP contribution in [0.1, 0.15) is 105 Å². The van der Waals surface area contributed by atoms with Gasteiger partial charge in [-0.05, 0) is 113 Å². The number of nitrogens with one attached hydrogen (secondary N) is 3. The van der Waals surface area contributed by atoms with E-state index in [9.17, 15) is 24.0 Å². The molecule has 3 N–H and O–H groups in total. The maximum Gasteiger partial charge on any atom is 0.437 e. The van der Waals surface area contributed by atoms with E-state index in [2.05, 4.69) is 30.9 Å². The molecule has 1 aromatic heterocycles. The van der Waals surface area contributed by atoms with Crippen molar-refractivity contribution in [2.24, 2.45) is 9.98 Å². The Hall–Kier alpha value is -5.72.